The highest BCUT2D eigenvalue weighted by Gasteiger charge is 2.14. The van der Waals surface area contributed by atoms with E-state index in [0.717, 1.165) is 17.9 Å². The molecule has 0 aliphatic heterocycles. The molecule has 0 aromatic heterocycles. The van der Waals surface area contributed by atoms with Gasteiger partial charge in [-0.05, 0) is 36.5 Å². The molecule has 1 fully saturated rings. The number of aromatic hydroxyl groups is 2. The smallest absolute Gasteiger partial charge is 0.220 e. The van der Waals surface area contributed by atoms with Crippen molar-refractivity contribution in [2.24, 2.45) is 5.92 Å². The van der Waals surface area contributed by atoms with Gasteiger partial charge >= 0.3 is 0 Å². The quantitative estimate of drug-likeness (QED) is 0.705. The molecule has 1 amide bonds. The van der Waals surface area contributed by atoms with Crippen LogP contribution in [0.4, 0.5) is 0 Å². The van der Waals surface area contributed by atoms with E-state index in [2.05, 4.69) is 5.32 Å². The van der Waals surface area contributed by atoms with Crippen LogP contribution in [-0.4, -0.2) is 22.7 Å². The van der Waals surface area contributed by atoms with Crippen LogP contribution in [0.25, 0.3) is 0 Å². The van der Waals surface area contributed by atoms with Crippen molar-refractivity contribution in [3.63, 3.8) is 0 Å². The monoisotopic (exact) mass is 291 g/mol. The Labute approximate surface area is 126 Å². The molecule has 0 spiro atoms. The predicted octanol–water partition coefficient (Wildman–Crippen LogP) is 3.12. The molecule has 1 saturated carbocycles. The minimum Gasteiger partial charge on any atom is -0.504 e. The second kappa shape index (κ2) is 7.91. The zero-order valence-electron chi connectivity index (χ0n) is 12.5. The number of benzene rings is 1. The summed E-state index contributed by atoms with van der Waals surface area (Å²) in [5.74, 6) is 0.619. The van der Waals surface area contributed by atoms with E-state index in [1.54, 1.807) is 6.07 Å². The van der Waals surface area contributed by atoms with Crippen molar-refractivity contribution in [3.05, 3.63) is 23.8 Å². The highest BCUT2D eigenvalue weighted by Crippen LogP contribution is 2.27. The maximum atomic E-state index is 11.8. The van der Waals surface area contributed by atoms with E-state index >= 15 is 0 Å². The normalized spacial score (nSPS) is 15.8. The molecular weight excluding hydrogens is 266 g/mol. The van der Waals surface area contributed by atoms with Gasteiger partial charge in [-0.1, -0.05) is 38.2 Å². The highest BCUT2D eigenvalue weighted by molar-refractivity contribution is 5.75. The first-order chi connectivity index (χ1) is 10.1. The summed E-state index contributed by atoms with van der Waals surface area (Å²) in [6.45, 7) is 0.563. The third-order valence-electron chi connectivity index (χ3n) is 4.28. The van der Waals surface area contributed by atoms with Crippen molar-refractivity contribution in [1.29, 1.82) is 0 Å². The third kappa shape index (κ3) is 5.29. The van der Waals surface area contributed by atoms with E-state index < -0.39 is 0 Å². The van der Waals surface area contributed by atoms with E-state index in [1.807, 2.05) is 0 Å². The van der Waals surface area contributed by atoms with Gasteiger partial charge in [0.05, 0.1) is 0 Å². The molecule has 4 nitrogen and oxygen atoms in total. The first kappa shape index (κ1) is 15.7. The topological polar surface area (TPSA) is 69.6 Å². The fraction of sp³-hybridized carbons (Fsp3) is 0.588. The van der Waals surface area contributed by atoms with Crippen LogP contribution in [0.3, 0.4) is 0 Å². The number of carbonyl (C=O) groups is 1. The van der Waals surface area contributed by atoms with E-state index in [1.165, 1.54) is 44.2 Å². The summed E-state index contributed by atoms with van der Waals surface area (Å²) in [4.78, 5) is 11.8. The van der Waals surface area contributed by atoms with Crippen LogP contribution in [0, 0.1) is 5.92 Å². The first-order valence-corrected chi connectivity index (χ1v) is 7.92. The molecule has 0 radical (unpaired) electrons. The second-order valence-corrected chi connectivity index (χ2v) is 5.97. The minimum absolute atomic E-state index is 0.114. The van der Waals surface area contributed by atoms with E-state index in [9.17, 15) is 15.0 Å². The third-order valence-corrected chi connectivity index (χ3v) is 4.28. The fourth-order valence-electron chi connectivity index (χ4n) is 2.97. The van der Waals surface area contributed by atoms with Crippen LogP contribution in [0.15, 0.2) is 18.2 Å². The number of hydrogen-bond donors (Lipinski definition) is 3. The van der Waals surface area contributed by atoms with E-state index in [-0.39, 0.29) is 17.4 Å². The Hall–Kier alpha value is -1.71. The van der Waals surface area contributed by atoms with Crippen molar-refractivity contribution in [2.75, 3.05) is 6.54 Å². The van der Waals surface area contributed by atoms with Gasteiger partial charge in [0, 0.05) is 13.0 Å². The average molecular weight is 291 g/mol. The van der Waals surface area contributed by atoms with Gasteiger partial charge in [0.25, 0.3) is 0 Å². The van der Waals surface area contributed by atoms with Gasteiger partial charge in [0.15, 0.2) is 11.5 Å². The Morgan fingerprint density at radius 3 is 2.62 bits per heavy atom. The number of rotatable bonds is 6. The molecule has 21 heavy (non-hydrogen) atoms. The Bertz CT molecular complexity index is 467. The van der Waals surface area contributed by atoms with Crippen LogP contribution in [0.2, 0.25) is 0 Å². The molecule has 2 rings (SSSR count). The van der Waals surface area contributed by atoms with Gasteiger partial charge in [-0.3, -0.25) is 4.79 Å². The van der Waals surface area contributed by atoms with Crippen LogP contribution >= 0.6 is 0 Å². The van der Waals surface area contributed by atoms with Crippen LogP contribution in [-0.2, 0) is 11.2 Å². The van der Waals surface area contributed by atoms with Crippen molar-refractivity contribution in [2.45, 2.75) is 51.4 Å². The van der Waals surface area contributed by atoms with Gasteiger partial charge < -0.3 is 15.5 Å². The molecule has 1 aromatic rings. The number of hydrogen-bond acceptors (Lipinski definition) is 3. The molecule has 0 atom stereocenters. The summed E-state index contributed by atoms with van der Waals surface area (Å²) in [6, 6.07) is 4.75. The first-order valence-electron chi connectivity index (χ1n) is 7.92. The van der Waals surface area contributed by atoms with Gasteiger partial charge in [0.2, 0.25) is 5.91 Å². The van der Waals surface area contributed by atoms with Gasteiger partial charge in [0.1, 0.15) is 0 Å². The molecule has 4 heteroatoms. The number of nitrogens with one attached hydrogen (secondary N) is 1. The second-order valence-electron chi connectivity index (χ2n) is 5.97. The number of phenols is 2. The predicted molar refractivity (Wildman–Crippen MR) is 82.3 cm³/mol. The Kier molecular flexibility index (Phi) is 5.90. The minimum atomic E-state index is -0.115. The zero-order valence-corrected chi connectivity index (χ0v) is 12.5. The van der Waals surface area contributed by atoms with Crippen molar-refractivity contribution < 1.29 is 15.0 Å². The zero-order chi connectivity index (χ0) is 15.1. The number of amides is 1. The largest absolute Gasteiger partial charge is 0.504 e. The Balaban J connectivity index is 1.63. The average Bonchev–Trinajstić information content (AvgIpc) is 2.50. The number of carbonyl (C=O) groups excluding carboxylic acids is 1. The SMILES string of the molecule is O=C(CCC1CCCCC1)NCCc1ccc(O)c(O)c1. The van der Waals surface area contributed by atoms with Crippen LogP contribution in [0.1, 0.15) is 50.5 Å². The van der Waals surface area contributed by atoms with E-state index in [4.69, 9.17) is 0 Å². The molecule has 0 saturated heterocycles. The van der Waals surface area contributed by atoms with Crippen LogP contribution < -0.4 is 5.32 Å². The molecule has 0 heterocycles. The molecule has 116 valence electrons. The summed E-state index contributed by atoms with van der Waals surface area (Å²) in [7, 11) is 0. The maximum absolute atomic E-state index is 11.8. The lowest BCUT2D eigenvalue weighted by atomic mass is 9.86. The standard InChI is InChI=1S/C17H25NO3/c19-15-8-6-14(12-16(15)20)10-11-18-17(21)9-7-13-4-2-1-3-5-13/h6,8,12-13,19-20H,1-5,7,9-11H2,(H,18,21). The summed E-state index contributed by atoms with van der Waals surface area (Å²) >= 11 is 0. The fourth-order valence-corrected chi connectivity index (χ4v) is 2.97. The molecule has 1 aliphatic carbocycles. The van der Waals surface area contributed by atoms with E-state index in [0.29, 0.717) is 19.4 Å². The molecule has 1 aliphatic rings. The summed E-state index contributed by atoms with van der Waals surface area (Å²) in [5.41, 5.74) is 0.901. The molecule has 0 unspecified atom stereocenters. The maximum Gasteiger partial charge on any atom is 0.220 e. The molecule has 3 N–H and O–H groups in total. The number of phenolic OH excluding ortho intramolecular Hbond substituents is 2. The molecular formula is C17H25NO3. The van der Waals surface area contributed by atoms with Crippen molar-refractivity contribution in [1.82, 2.24) is 5.32 Å². The van der Waals surface area contributed by atoms with Crippen molar-refractivity contribution >= 4 is 5.91 Å². The summed E-state index contributed by atoms with van der Waals surface area (Å²) in [5, 5.41) is 21.6. The lowest BCUT2D eigenvalue weighted by molar-refractivity contribution is -0.121. The molecule has 1 aromatic carbocycles. The highest BCUT2D eigenvalue weighted by atomic mass is 16.3. The summed E-state index contributed by atoms with van der Waals surface area (Å²) < 4.78 is 0. The Morgan fingerprint density at radius 2 is 1.90 bits per heavy atom. The van der Waals surface area contributed by atoms with Gasteiger partial charge in [-0.2, -0.15) is 0 Å². The summed E-state index contributed by atoms with van der Waals surface area (Å²) in [6.07, 6.45) is 8.82. The van der Waals surface area contributed by atoms with Crippen LogP contribution in [0.5, 0.6) is 11.5 Å². The lowest BCUT2D eigenvalue weighted by Crippen LogP contribution is -2.26. The van der Waals surface area contributed by atoms with Gasteiger partial charge in [-0.15, -0.1) is 0 Å². The lowest BCUT2D eigenvalue weighted by Gasteiger charge is -2.20. The van der Waals surface area contributed by atoms with Gasteiger partial charge in [-0.25, -0.2) is 0 Å². The molecule has 0 bridgehead atoms. The van der Waals surface area contributed by atoms with Crippen molar-refractivity contribution in [3.8, 4) is 11.5 Å². The Morgan fingerprint density at radius 1 is 1.14 bits per heavy atom.